The summed E-state index contributed by atoms with van der Waals surface area (Å²) in [4.78, 5) is 0.120. The van der Waals surface area contributed by atoms with Crippen molar-refractivity contribution in [2.75, 3.05) is 18.1 Å². The summed E-state index contributed by atoms with van der Waals surface area (Å²) in [5, 5.41) is 9.19. The highest BCUT2D eigenvalue weighted by Crippen LogP contribution is 2.21. The summed E-state index contributed by atoms with van der Waals surface area (Å²) in [6.45, 7) is 1.53. The van der Waals surface area contributed by atoms with Crippen molar-refractivity contribution in [3.63, 3.8) is 0 Å². The first-order valence-electron chi connectivity index (χ1n) is 6.64. The summed E-state index contributed by atoms with van der Waals surface area (Å²) in [6.07, 6.45) is 0.487. The zero-order valence-corrected chi connectivity index (χ0v) is 13.4. The summed E-state index contributed by atoms with van der Waals surface area (Å²) >= 11 is 0. The maximum atomic E-state index is 12.3. The monoisotopic (exact) mass is 333 g/mol. The number of sulfonamides is 1. The zero-order chi connectivity index (χ0) is 15.7. The molecule has 118 valence electrons. The van der Waals surface area contributed by atoms with Gasteiger partial charge in [-0.3, -0.25) is 0 Å². The molecule has 1 saturated heterocycles. The Balaban J connectivity index is 2.13. The first-order valence-corrected chi connectivity index (χ1v) is 9.95. The van der Waals surface area contributed by atoms with Gasteiger partial charge in [0.15, 0.2) is 9.84 Å². The molecule has 0 radical (unpaired) electrons. The van der Waals surface area contributed by atoms with Gasteiger partial charge < -0.3 is 5.11 Å². The smallest absolute Gasteiger partial charge is 0.240 e. The molecule has 1 aromatic rings. The molecular weight excluding hydrogens is 314 g/mol. The molecule has 2 rings (SSSR count). The van der Waals surface area contributed by atoms with Crippen LogP contribution in [0.25, 0.3) is 0 Å². The largest absolute Gasteiger partial charge is 0.392 e. The van der Waals surface area contributed by atoms with E-state index in [0.717, 1.165) is 0 Å². The van der Waals surface area contributed by atoms with Crippen LogP contribution in [0.1, 0.15) is 17.5 Å². The van der Waals surface area contributed by atoms with Crippen molar-refractivity contribution in [3.05, 3.63) is 29.3 Å². The van der Waals surface area contributed by atoms with E-state index in [0.29, 0.717) is 17.5 Å². The normalized spacial score (nSPS) is 21.5. The third-order valence-electron chi connectivity index (χ3n) is 3.74. The molecule has 1 aliphatic heterocycles. The first-order chi connectivity index (χ1) is 9.75. The van der Waals surface area contributed by atoms with Crippen molar-refractivity contribution >= 4 is 19.9 Å². The second-order valence-corrected chi connectivity index (χ2v) is 9.28. The molecule has 1 fully saturated rings. The van der Waals surface area contributed by atoms with Gasteiger partial charge in [0.25, 0.3) is 0 Å². The van der Waals surface area contributed by atoms with Gasteiger partial charge in [-0.1, -0.05) is 12.1 Å². The quantitative estimate of drug-likeness (QED) is 0.802. The van der Waals surface area contributed by atoms with Gasteiger partial charge in [0.1, 0.15) is 0 Å². The molecule has 21 heavy (non-hydrogen) atoms. The first kappa shape index (κ1) is 16.4. The van der Waals surface area contributed by atoms with Crippen molar-refractivity contribution in [3.8, 4) is 0 Å². The van der Waals surface area contributed by atoms with E-state index in [-0.39, 0.29) is 35.5 Å². The number of hydrogen-bond acceptors (Lipinski definition) is 5. The molecule has 1 unspecified atom stereocenters. The lowest BCUT2D eigenvalue weighted by molar-refractivity contribution is 0.280. The fourth-order valence-corrected chi connectivity index (χ4v) is 5.73. The van der Waals surface area contributed by atoms with E-state index in [2.05, 4.69) is 4.72 Å². The van der Waals surface area contributed by atoms with Gasteiger partial charge in [0.05, 0.1) is 23.0 Å². The molecule has 0 amide bonds. The Morgan fingerprint density at radius 1 is 1.38 bits per heavy atom. The Kier molecular flexibility index (Phi) is 4.72. The minimum atomic E-state index is -3.70. The van der Waals surface area contributed by atoms with Crippen LogP contribution in [0.5, 0.6) is 0 Å². The topological polar surface area (TPSA) is 101 Å². The lowest BCUT2D eigenvalue weighted by atomic mass is 10.1. The number of hydrogen-bond donors (Lipinski definition) is 2. The lowest BCUT2D eigenvalue weighted by Crippen LogP contribution is -2.30. The van der Waals surface area contributed by atoms with E-state index in [1.807, 2.05) is 0 Å². The van der Waals surface area contributed by atoms with Crippen molar-refractivity contribution in [2.45, 2.75) is 24.8 Å². The Bertz CT molecular complexity index is 725. The number of rotatable bonds is 5. The van der Waals surface area contributed by atoms with E-state index in [1.165, 1.54) is 6.07 Å². The molecule has 1 atom stereocenters. The van der Waals surface area contributed by atoms with E-state index in [1.54, 1.807) is 19.1 Å². The van der Waals surface area contributed by atoms with Gasteiger partial charge in [-0.05, 0) is 36.5 Å². The van der Waals surface area contributed by atoms with Crippen molar-refractivity contribution in [1.82, 2.24) is 4.72 Å². The van der Waals surface area contributed by atoms with Gasteiger partial charge in [-0.25, -0.2) is 21.6 Å². The summed E-state index contributed by atoms with van der Waals surface area (Å²) < 4.78 is 49.8. The summed E-state index contributed by atoms with van der Waals surface area (Å²) in [7, 11) is -6.72. The fourth-order valence-electron chi connectivity index (χ4n) is 2.46. The third kappa shape index (κ3) is 3.82. The number of aliphatic hydroxyl groups is 1. The molecule has 8 heteroatoms. The van der Waals surface area contributed by atoms with Crippen molar-refractivity contribution in [1.29, 1.82) is 0 Å². The molecular formula is C13H19NO5S2. The van der Waals surface area contributed by atoms with Crippen molar-refractivity contribution in [2.24, 2.45) is 5.92 Å². The van der Waals surface area contributed by atoms with Crippen LogP contribution < -0.4 is 4.72 Å². The number of benzene rings is 1. The van der Waals surface area contributed by atoms with Gasteiger partial charge >= 0.3 is 0 Å². The highest BCUT2D eigenvalue weighted by Gasteiger charge is 2.29. The summed E-state index contributed by atoms with van der Waals surface area (Å²) in [5.74, 6) is -0.0186. The van der Waals surface area contributed by atoms with Gasteiger partial charge in [-0.15, -0.1) is 0 Å². The maximum absolute atomic E-state index is 12.3. The SMILES string of the molecule is Cc1c(CO)cccc1S(=O)(=O)NCC1CCS(=O)(=O)C1. The molecule has 0 saturated carbocycles. The van der Waals surface area contributed by atoms with E-state index < -0.39 is 19.9 Å². The molecule has 0 spiro atoms. The Morgan fingerprint density at radius 2 is 2.10 bits per heavy atom. The number of aliphatic hydroxyl groups excluding tert-OH is 1. The van der Waals surface area contributed by atoms with E-state index in [4.69, 9.17) is 0 Å². The summed E-state index contributed by atoms with van der Waals surface area (Å²) in [5.41, 5.74) is 1.06. The molecule has 0 bridgehead atoms. The minimum Gasteiger partial charge on any atom is -0.392 e. The number of sulfone groups is 1. The highest BCUT2D eigenvalue weighted by molar-refractivity contribution is 7.91. The second kappa shape index (κ2) is 6.04. The van der Waals surface area contributed by atoms with Gasteiger partial charge in [0.2, 0.25) is 10.0 Å². The second-order valence-electron chi connectivity index (χ2n) is 5.32. The van der Waals surface area contributed by atoms with Crippen LogP contribution in [0.2, 0.25) is 0 Å². The van der Waals surface area contributed by atoms with E-state index >= 15 is 0 Å². The number of nitrogens with one attached hydrogen (secondary N) is 1. The molecule has 1 heterocycles. The standard InChI is InChI=1S/C13H19NO5S2/c1-10-12(8-15)3-2-4-13(10)21(18,19)14-7-11-5-6-20(16,17)9-11/h2-4,11,14-15H,5-9H2,1H3. The van der Waals surface area contributed by atoms with Crippen LogP contribution in [0, 0.1) is 12.8 Å². The molecule has 0 aliphatic carbocycles. The highest BCUT2D eigenvalue weighted by atomic mass is 32.2. The third-order valence-corrected chi connectivity index (χ3v) is 7.15. The Labute approximate surface area is 125 Å². The zero-order valence-electron chi connectivity index (χ0n) is 11.7. The van der Waals surface area contributed by atoms with Gasteiger partial charge in [-0.2, -0.15) is 0 Å². The van der Waals surface area contributed by atoms with Crippen LogP contribution >= 0.6 is 0 Å². The van der Waals surface area contributed by atoms with Crippen LogP contribution in [-0.4, -0.2) is 40.0 Å². The molecule has 0 aromatic heterocycles. The minimum absolute atomic E-state index is 0.0329. The Hall–Kier alpha value is -0.960. The van der Waals surface area contributed by atoms with Crippen LogP contribution in [-0.2, 0) is 26.5 Å². The Morgan fingerprint density at radius 3 is 2.67 bits per heavy atom. The van der Waals surface area contributed by atoms with Gasteiger partial charge in [0, 0.05) is 6.54 Å². The van der Waals surface area contributed by atoms with Crippen LogP contribution in [0.15, 0.2) is 23.1 Å². The molecule has 1 aromatic carbocycles. The average molecular weight is 333 g/mol. The van der Waals surface area contributed by atoms with Crippen molar-refractivity contribution < 1.29 is 21.9 Å². The average Bonchev–Trinajstić information content (AvgIpc) is 2.76. The molecule has 2 N–H and O–H groups in total. The predicted molar refractivity (Wildman–Crippen MR) is 79.1 cm³/mol. The predicted octanol–water partition coefficient (Wildman–Crippen LogP) is 0.200. The van der Waals surface area contributed by atoms with Crippen LogP contribution in [0.4, 0.5) is 0 Å². The molecule has 6 nitrogen and oxygen atoms in total. The lowest BCUT2D eigenvalue weighted by Gasteiger charge is -2.13. The fraction of sp³-hybridized carbons (Fsp3) is 0.538. The maximum Gasteiger partial charge on any atom is 0.240 e. The van der Waals surface area contributed by atoms with E-state index in [9.17, 15) is 21.9 Å². The summed E-state index contributed by atoms with van der Waals surface area (Å²) in [6, 6.07) is 4.72. The van der Waals surface area contributed by atoms with Crippen LogP contribution in [0.3, 0.4) is 0 Å². The molecule has 1 aliphatic rings.